The van der Waals surface area contributed by atoms with Crippen molar-refractivity contribution in [3.63, 3.8) is 0 Å². The van der Waals surface area contributed by atoms with Crippen molar-refractivity contribution in [2.75, 3.05) is 11.5 Å². The second-order valence-electron chi connectivity index (χ2n) is 5.54. The third-order valence-corrected chi connectivity index (χ3v) is 7.95. The molecule has 0 saturated carbocycles. The van der Waals surface area contributed by atoms with Crippen LogP contribution in [-0.4, -0.2) is 24.9 Å². The van der Waals surface area contributed by atoms with Crippen molar-refractivity contribution in [2.45, 2.75) is 17.3 Å². The third kappa shape index (κ3) is 5.58. The smallest absolute Gasteiger partial charge is 0.211 e. The Morgan fingerprint density at radius 2 is 1.92 bits per heavy atom. The molecule has 138 valence electrons. The van der Waals surface area contributed by atoms with E-state index in [2.05, 4.69) is 9.71 Å². The van der Waals surface area contributed by atoms with Gasteiger partial charge >= 0.3 is 0 Å². The number of nitrogens with one attached hydrogen (secondary N) is 1. The Bertz CT molecular complexity index is 973. The molecule has 0 spiro atoms. The van der Waals surface area contributed by atoms with Crippen molar-refractivity contribution in [1.29, 1.82) is 0 Å². The number of benzene rings is 2. The molecule has 0 fully saturated rings. The number of aromatic nitrogens is 1. The molecule has 9 heteroatoms. The van der Waals surface area contributed by atoms with Gasteiger partial charge in [-0.2, -0.15) is 0 Å². The van der Waals surface area contributed by atoms with Gasteiger partial charge in [-0.25, -0.2) is 18.1 Å². The molecule has 0 saturated heterocycles. The zero-order valence-corrected chi connectivity index (χ0v) is 17.6. The average molecular weight is 447 g/mol. The molecule has 0 atom stereocenters. The zero-order chi connectivity index (χ0) is 18.6. The van der Waals surface area contributed by atoms with E-state index in [9.17, 15) is 8.42 Å². The summed E-state index contributed by atoms with van der Waals surface area (Å²) in [6, 6.07) is 13.0. The van der Waals surface area contributed by atoms with Crippen LogP contribution in [0, 0.1) is 0 Å². The van der Waals surface area contributed by atoms with Gasteiger partial charge in [0.05, 0.1) is 26.0 Å². The van der Waals surface area contributed by atoms with E-state index in [1.807, 2.05) is 24.3 Å². The number of nitrogens with zero attached hydrogens (tertiary/aromatic N) is 1. The lowest BCUT2D eigenvalue weighted by Crippen LogP contribution is -2.26. The van der Waals surface area contributed by atoms with Gasteiger partial charge in [-0.3, -0.25) is 0 Å². The molecule has 0 amide bonds. The molecule has 1 heterocycles. The molecule has 0 aliphatic rings. The molecule has 0 aliphatic carbocycles. The minimum atomic E-state index is -3.34. The van der Waals surface area contributed by atoms with Gasteiger partial charge in [-0.05, 0) is 36.2 Å². The molecule has 1 aromatic heterocycles. The Morgan fingerprint density at radius 1 is 1.12 bits per heavy atom. The topological polar surface area (TPSA) is 59.1 Å². The molecule has 3 rings (SSSR count). The minimum absolute atomic E-state index is 0.0756. The summed E-state index contributed by atoms with van der Waals surface area (Å²) in [4.78, 5) is 4.53. The number of para-hydroxylation sites is 1. The summed E-state index contributed by atoms with van der Waals surface area (Å²) in [6.45, 7) is 0.199. The van der Waals surface area contributed by atoms with Crippen LogP contribution in [0.1, 0.15) is 12.0 Å². The lowest BCUT2D eigenvalue weighted by Gasteiger charge is -2.07. The molecule has 2 aromatic carbocycles. The number of fused-ring (bicyclic) bond motifs is 1. The average Bonchev–Trinajstić information content (AvgIpc) is 3.03. The number of sulfonamides is 1. The Morgan fingerprint density at radius 3 is 2.69 bits per heavy atom. The summed E-state index contributed by atoms with van der Waals surface area (Å²) in [5.41, 5.74) is 1.75. The molecule has 3 aromatic rings. The lowest BCUT2D eigenvalue weighted by atomic mass is 10.2. The second kappa shape index (κ2) is 8.91. The normalized spacial score (nSPS) is 11.9. The van der Waals surface area contributed by atoms with E-state index in [1.165, 1.54) is 0 Å². The van der Waals surface area contributed by atoms with E-state index in [0.717, 1.165) is 20.1 Å². The van der Waals surface area contributed by atoms with Crippen molar-refractivity contribution in [1.82, 2.24) is 9.71 Å². The maximum atomic E-state index is 12.1. The highest BCUT2D eigenvalue weighted by atomic mass is 35.5. The summed E-state index contributed by atoms with van der Waals surface area (Å²) in [6.07, 6.45) is 0.553. The maximum Gasteiger partial charge on any atom is 0.211 e. The highest BCUT2D eigenvalue weighted by molar-refractivity contribution is 8.01. The monoisotopic (exact) mass is 446 g/mol. The number of rotatable bonds is 8. The van der Waals surface area contributed by atoms with E-state index in [1.54, 1.807) is 41.3 Å². The highest BCUT2D eigenvalue weighted by Crippen LogP contribution is 2.29. The van der Waals surface area contributed by atoms with Gasteiger partial charge in [0, 0.05) is 12.3 Å². The largest absolute Gasteiger partial charge is 0.230 e. The van der Waals surface area contributed by atoms with Crippen molar-refractivity contribution >= 4 is 66.5 Å². The first-order chi connectivity index (χ1) is 12.4. The Kier molecular flexibility index (Phi) is 6.82. The molecular weight excluding hydrogens is 431 g/mol. The summed E-state index contributed by atoms with van der Waals surface area (Å²) < 4.78 is 28.9. The molecule has 4 nitrogen and oxygen atoms in total. The molecule has 0 bridgehead atoms. The first kappa shape index (κ1) is 19.9. The van der Waals surface area contributed by atoms with Gasteiger partial charge < -0.3 is 0 Å². The van der Waals surface area contributed by atoms with Gasteiger partial charge in [0.25, 0.3) is 0 Å². The number of hydrogen-bond acceptors (Lipinski definition) is 5. The van der Waals surface area contributed by atoms with Crippen LogP contribution in [0.3, 0.4) is 0 Å². The van der Waals surface area contributed by atoms with Crippen molar-refractivity contribution in [3.8, 4) is 0 Å². The Hall–Kier alpha value is -0.830. The molecule has 26 heavy (non-hydrogen) atoms. The molecule has 0 unspecified atom stereocenters. The van der Waals surface area contributed by atoms with Crippen molar-refractivity contribution < 1.29 is 8.42 Å². The summed E-state index contributed by atoms with van der Waals surface area (Å²) in [5.74, 6) is 0.778. The SMILES string of the molecule is O=S(=O)(CCCSc1nc2ccccc2s1)NCc1ccc(Cl)c(Cl)c1. The fraction of sp³-hybridized carbons (Fsp3) is 0.235. The highest BCUT2D eigenvalue weighted by Gasteiger charge is 2.11. The summed E-state index contributed by atoms with van der Waals surface area (Å²) in [7, 11) is -3.34. The Balaban J connectivity index is 1.45. The van der Waals surface area contributed by atoms with Gasteiger partial charge in [-0.1, -0.05) is 53.2 Å². The van der Waals surface area contributed by atoms with Crippen LogP contribution in [0.5, 0.6) is 0 Å². The van der Waals surface area contributed by atoms with Crippen LogP contribution in [-0.2, 0) is 16.6 Å². The second-order valence-corrected chi connectivity index (χ2v) is 10.7. The van der Waals surface area contributed by atoms with Crippen LogP contribution >= 0.6 is 46.3 Å². The summed E-state index contributed by atoms with van der Waals surface area (Å²) >= 11 is 15.0. The number of hydrogen-bond donors (Lipinski definition) is 1. The molecule has 0 radical (unpaired) electrons. The lowest BCUT2D eigenvalue weighted by molar-refractivity contribution is 0.580. The van der Waals surface area contributed by atoms with Crippen LogP contribution in [0.25, 0.3) is 10.2 Å². The van der Waals surface area contributed by atoms with Crippen molar-refractivity contribution in [3.05, 3.63) is 58.1 Å². The first-order valence-electron chi connectivity index (χ1n) is 7.82. The minimum Gasteiger partial charge on any atom is -0.230 e. The van der Waals surface area contributed by atoms with E-state index in [0.29, 0.717) is 22.2 Å². The fourth-order valence-electron chi connectivity index (χ4n) is 2.24. The third-order valence-electron chi connectivity index (χ3n) is 3.54. The zero-order valence-electron chi connectivity index (χ0n) is 13.6. The standard InChI is InChI=1S/C17H16Cl2N2O2S3/c18-13-7-6-12(10-14(13)19)11-20-26(22,23)9-3-8-24-17-21-15-4-1-2-5-16(15)25-17/h1-2,4-7,10,20H,3,8-9,11H2. The van der Waals surface area contributed by atoms with E-state index < -0.39 is 10.0 Å². The number of thiazole rings is 1. The van der Waals surface area contributed by atoms with Gasteiger partial charge in [-0.15, -0.1) is 11.3 Å². The number of thioether (sulfide) groups is 1. The fourth-order valence-corrected chi connectivity index (χ4v) is 5.87. The van der Waals surface area contributed by atoms with E-state index in [-0.39, 0.29) is 12.3 Å². The number of halogens is 2. The first-order valence-corrected chi connectivity index (χ1v) is 12.0. The predicted molar refractivity (Wildman–Crippen MR) is 112 cm³/mol. The van der Waals surface area contributed by atoms with Crippen LogP contribution < -0.4 is 4.72 Å². The van der Waals surface area contributed by atoms with Crippen LogP contribution in [0.2, 0.25) is 10.0 Å². The summed E-state index contributed by atoms with van der Waals surface area (Å²) in [5, 5.41) is 0.862. The molecule has 0 aliphatic heterocycles. The van der Waals surface area contributed by atoms with Gasteiger partial charge in [0.15, 0.2) is 4.34 Å². The molecular formula is C17H16Cl2N2O2S3. The van der Waals surface area contributed by atoms with Crippen LogP contribution in [0.15, 0.2) is 46.8 Å². The van der Waals surface area contributed by atoms with Crippen LogP contribution in [0.4, 0.5) is 0 Å². The maximum absolute atomic E-state index is 12.1. The van der Waals surface area contributed by atoms with Gasteiger partial charge in [0.1, 0.15) is 0 Å². The Labute approximate surface area is 171 Å². The molecule has 1 N–H and O–H groups in total. The quantitative estimate of drug-likeness (QED) is 0.381. The van der Waals surface area contributed by atoms with Gasteiger partial charge in [0.2, 0.25) is 10.0 Å². The van der Waals surface area contributed by atoms with E-state index >= 15 is 0 Å². The van der Waals surface area contributed by atoms with E-state index in [4.69, 9.17) is 23.2 Å². The predicted octanol–water partition coefficient (Wildman–Crippen LogP) is 5.20. The van der Waals surface area contributed by atoms with Crippen molar-refractivity contribution in [2.24, 2.45) is 0 Å².